The highest BCUT2D eigenvalue weighted by atomic mass is 35.5. The first-order valence-electron chi connectivity index (χ1n) is 4.90. The lowest BCUT2D eigenvalue weighted by molar-refractivity contribution is -0.386. The van der Waals surface area contributed by atoms with E-state index in [1.807, 2.05) is 0 Å². The molecule has 1 aromatic rings. The molecule has 0 aliphatic carbocycles. The summed E-state index contributed by atoms with van der Waals surface area (Å²) in [4.78, 5) is 10.2. The van der Waals surface area contributed by atoms with Crippen LogP contribution in [0, 0.1) is 10.1 Å². The van der Waals surface area contributed by atoms with Crippen molar-refractivity contribution in [2.45, 2.75) is 13.0 Å². The van der Waals surface area contributed by atoms with Crippen LogP contribution in [0.1, 0.15) is 12.0 Å². The van der Waals surface area contributed by atoms with Crippen molar-refractivity contribution in [3.63, 3.8) is 0 Å². The molecule has 0 atom stereocenters. The third-order valence-corrected chi connectivity index (χ3v) is 2.01. The molecule has 0 unspecified atom stereocenters. The van der Waals surface area contributed by atoms with E-state index >= 15 is 0 Å². The predicted octanol–water partition coefficient (Wildman–Crippen LogP) is 1.24. The minimum atomic E-state index is -0.531. The van der Waals surface area contributed by atoms with Gasteiger partial charge in [0, 0.05) is 6.07 Å². The maximum atomic E-state index is 10.7. The Hall–Kier alpha value is -1.37. The number of aliphatic hydroxyl groups excluding tert-OH is 1. The van der Waals surface area contributed by atoms with Gasteiger partial charge in [-0.15, -0.1) is 12.4 Å². The van der Waals surface area contributed by atoms with Gasteiger partial charge in [-0.2, -0.15) is 0 Å². The molecular weight excluding hydrogens is 248 g/mol. The van der Waals surface area contributed by atoms with Crippen LogP contribution in [0.2, 0.25) is 0 Å². The van der Waals surface area contributed by atoms with Crippen LogP contribution < -0.4 is 10.5 Å². The average molecular weight is 263 g/mol. The molecule has 0 aliphatic rings. The van der Waals surface area contributed by atoms with Crippen LogP contribution in [-0.2, 0) is 6.61 Å². The minimum Gasteiger partial charge on any atom is -0.487 e. The Morgan fingerprint density at radius 3 is 2.71 bits per heavy atom. The van der Waals surface area contributed by atoms with E-state index in [1.54, 1.807) is 6.07 Å². The number of ether oxygens (including phenoxy) is 1. The summed E-state index contributed by atoms with van der Waals surface area (Å²) in [5.41, 5.74) is 5.64. The van der Waals surface area contributed by atoms with Crippen LogP contribution in [0.5, 0.6) is 5.75 Å². The molecule has 0 radical (unpaired) electrons. The molecule has 0 amide bonds. The number of nitro groups is 1. The van der Waals surface area contributed by atoms with Gasteiger partial charge in [0.15, 0.2) is 5.75 Å². The summed E-state index contributed by atoms with van der Waals surface area (Å²) in [5, 5.41) is 19.6. The van der Waals surface area contributed by atoms with E-state index in [0.717, 1.165) is 0 Å². The Morgan fingerprint density at radius 1 is 1.47 bits per heavy atom. The largest absolute Gasteiger partial charge is 0.487 e. The molecule has 0 bridgehead atoms. The Morgan fingerprint density at radius 2 is 2.18 bits per heavy atom. The third kappa shape index (κ3) is 4.56. The van der Waals surface area contributed by atoms with E-state index < -0.39 is 4.92 Å². The minimum absolute atomic E-state index is 0. The topological polar surface area (TPSA) is 98.6 Å². The number of aliphatic hydroxyl groups is 1. The zero-order valence-electron chi connectivity index (χ0n) is 9.17. The number of nitrogens with zero attached hydrogens (tertiary/aromatic N) is 1. The van der Waals surface area contributed by atoms with Crippen LogP contribution in [0.3, 0.4) is 0 Å². The van der Waals surface area contributed by atoms with Crippen molar-refractivity contribution in [1.82, 2.24) is 0 Å². The summed E-state index contributed by atoms with van der Waals surface area (Å²) in [6.07, 6.45) is 0.638. The maximum Gasteiger partial charge on any atom is 0.311 e. The zero-order valence-corrected chi connectivity index (χ0v) is 9.98. The smallest absolute Gasteiger partial charge is 0.311 e. The van der Waals surface area contributed by atoms with Crippen LogP contribution in [0.4, 0.5) is 5.69 Å². The second kappa shape index (κ2) is 7.83. The summed E-state index contributed by atoms with van der Waals surface area (Å²) >= 11 is 0. The number of nitro benzene ring substituents is 1. The lowest BCUT2D eigenvalue weighted by Gasteiger charge is -2.06. The van der Waals surface area contributed by atoms with Gasteiger partial charge in [0.25, 0.3) is 0 Å². The second-order valence-corrected chi connectivity index (χ2v) is 3.21. The van der Waals surface area contributed by atoms with Crippen molar-refractivity contribution in [1.29, 1.82) is 0 Å². The Kier molecular flexibility index (Phi) is 7.20. The van der Waals surface area contributed by atoms with Crippen LogP contribution in [-0.4, -0.2) is 23.2 Å². The first-order valence-corrected chi connectivity index (χ1v) is 4.90. The Labute approximate surface area is 105 Å². The highest BCUT2D eigenvalue weighted by Crippen LogP contribution is 2.27. The van der Waals surface area contributed by atoms with Crippen molar-refractivity contribution >= 4 is 18.1 Å². The van der Waals surface area contributed by atoms with Gasteiger partial charge in [-0.25, -0.2) is 0 Å². The molecule has 0 spiro atoms. The van der Waals surface area contributed by atoms with Gasteiger partial charge in [0.1, 0.15) is 0 Å². The monoisotopic (exact) mass is 262 g/mol. The average Bonchev–Trinajstić information content (AvgIpc) is 2.29. The van der Waals surface area contributed by atoms with Crippen LogP contribution in [0.25, 0.3) is 0 Å². The molecular formula is C10H15ClN2O4. The molecule has 0 heterocycles. The van der Waals surface area contributed by atoms with Gasteiger partial charge in [-0.05, 0) is 24.6 Å². The van der Waals surface area contributed by atoms with Crippen molar-refractivity contribution in [3.8, 4) is 5.75 Å². The van der Waals surface area contributed by atoms with E-state index in [-0.39, 0.29) is 30.5 Å². The molecule has 96 valence electrons. The molecule has 0 fully saturated rings. The number of rotatable bonds is 6. The molecule has 0 saturated heterocycles. The molecule has 0 aliphatic heterocycles. The van der Waals surface area contributed by atoms with Gasteiger partial charge in [0.2, 0.25) is 0 Å². The number of benzene rings is 1. The molecule has 6 nitrogen and oxygen atoms in total. The van der Waals surface area contributed by atoms with E-state index in [9.17, 15) is 10.1 Å². The van der Waals surface area contributed by atoms with Crippen molar-refractivity contribution < 1.29 is 14.8 Å². The summed E-state index contributed by atoms with van der Waals surface area (Å²) < 4.78 is 5.24. The van der Waals surface area contributed by atoms with E-state index in [1.165, 1.54) is 12.1 Å². The highest BCUT2D eigenvalue weighted by Gasteiger charge is 2.15. The lowest BCUT2D eigenvalue weighted by Crippen LogP contribution is -2.07. The van der Waals surface area contributed by atoms with Crippen LogP contribution >= 0.6 is 12.4 Å². The second-order valence-electron chi connectivity index (χ2n) is 3.21. The predicted molar refractivity (Wildman–Crippen MR) is 65.4 cm³/mol. The fraction of sp³-hybridized carbons (Fsp3) is 0.400. The van der Waals surface area contributed by atoms with Gasteiger partial charge in [-0.3, -0.25) is 10.1 Å². The number of hydrogen-bond acceptors (Lipinski definition) is 5. The summed E-state index contributed by atoms with van der Waals surface area (Å²) in [5.74, 6) is 0.204. The number of halogens is 1. The summed E-state index contributed by atoms with van der Waals surface area (Å²) in [7, 11) is 0. The van der Waals surface area contributed by atoms with E-state index in [4.69, 9.17) is 15.6 Å². The molecule has 3 N–H and O–H groups in total. The van der Waals surface area contributed by atoms with Gasteiger partial charge in [0.05, 0.1) is 18.1 Å². The normalized spacial score (nSPS) is 9.53. The van der Waals surface area contributed by atoms with Gasteiger partial charge >= 0.3 is 5.69 Å². The molecule has 17 heavy (non-hydrogen) atoms. The van der Waals surface area contributed by atoms with E-state index in [0.29, 0.717) is 25.1 Å². The Balaban J connectivity index is 0.00000256. The number of nitrogens with two attached hydrogens (primary N) is 1. The third-order valence-electron chi connectivity index (χ3n) is 2.01. The SMILES string of the molecule is Cl.NCCCOc1ccc(CO)cc1[N+](=O)[O-]. The van der Waals surface area contributed by atoms with Crippen molar-refractivity contribution in [2.75, 3.05) is 13.2 Å². The van der Waals surface area contributed by atoms with Crippen molar-refractivity contribution in [3.05, 3.63) is 33.9 Å². The summed E-state index contributed by atoms with van der Waals surface area (Å²) in [6.45, 7) is 0.586. The molecule has 1 rings (SSSR count). The van der Waals surface area contributed by atoms with Crippen LogP contribution in [0.15, 0.2) is 18.2 Å². The highest BCUT2D eigenvalue weighted by molar-refractivity contribution is 5.85. The Bertz CT molecular complexity index is 373. The van der Waals surface area contributed by atoms with Gasteiger partial charge in [-0.1, -0.05) is 6.07 Å². The lowest BCUT2D eigenvalue weighted by atomic mass is 10.2. The fourth-order valence-electron chi connectivity index (χ4n) is 1.19. The first kappa shape index (κ1) is 15.6. The molecule has 7 heteroatoms. The molecule has 0 saturated carbocycles. The fourth-order valence-corrected chi connectivity index (χ4v) is 1.19. The van der Waals surface area contributed by atoms with E-state index in [2.05, 4.69) is 0 Å². The number of hydrogen-bond donors (Lipinski definition) is 2. The molecule has 0 aromatic heterocycles. The molecule has 1 aromatic carbocycles. The zero-order chi connectivity index (χ0) is 12.0. The first-order chi connectivity index (χ1) is 7.69. The standard InChI is InChI=1S/C10H14N2O4.ClH/c11-4-1-5-16-10-3-2-8(7-13)6-9(10)12(14)15;/h2-3,6,13H,1,4-5,7,11H2;1H. The van der Waals surface area contributed by atoms with Crippen molar-refractivity contribution in [2.24, 2.45) is 5.73 Å². The quantitative estimate of drug-likeness (QED) is 0.456. The maximum absolute atomic E-state index is 10.7. The van der Waals surface area contributed by atoms with Gasteiger partial charge < -0.3 is 15.6 Å². The summed E-state index contributed by atoms with van der Waals surface area (Å²) in [6, 6.07) is 4.38.